The fourth-order valence-corrected chi connectivity index (χ4v) is 2.71. The van der Waals surface area contributed by atoms with Crippen molar-refractivity contribution < 1.29 is 4.79 Å². The number of likely N-dealkylation sites (N-methyl/N-ethyl adjacent to an activating group) is 1. The third-order valence-electron chi connectivity index (χ3n) is 3.49. The molecule has 1 amide bonds. The van der Waals surface area contributed by atoms with Gasteiger partial charge in [-0.05, 0) is 33.0 Å². The zero-order valence-corrected chi connectivity index (χ0v) is 12.9. The number of piperazine rings is 1. The number of aromatic nitrogens is 1. The number of rotatable bonds is 3. The van der Waals surface area contributed by atoms with E-state index in [9.17, 15) is 4.79 Å². The van der Waals surface area contributed by atoms with E-state index in [0.717, 1.165) is 26.2 Å². The smallest absolute Gasteiger partial charge is 0.254 e. The van der Waals surface area contributed by atoms with Crippen molar-refractivity contribution in [2.75, 3.05) is 38.5 Å². The van der Waals surface area contributed by atoms with Crippen molar-refractivity contribution in [1.29, 1.82) is 0 Å². The predicted molar refractivity (Wildman–Crippen MR) is 81.4 cm³/mol. The number of anilines is 1. The topological polar surface area (TPSA) is 48.5 Å². The van der Waals surface area contributed by atoms with Crippen molar-refractivity contribution in [3.63, 3.8) is 0 Å². The summed E-state index contributed by atoms with van der Waals surface area (Å²) < 4.78 is 0. The van der Waals surface area contributed by atoms with E-state index in [2.05, 4.69) is 29.2 Å². The van der Waals surface area contributed by atoms with Crippen molar-refractivity contribution in [2.24, 2.45) is 0 Å². The first kappa shape index (κ1) is 15.1. The van der Waals surface area contributed by atoms with Crippen LogP contribution in [0.4, 0.5) is 5.82 Å². The minimum Gasteiger partial charge on any atom is -0.370 e. The molecule has 0 saturated carbocycles. The van der Waals surface area contributed by atoms with Crippen LogP contribution in [0.5, 0.6) is 0 Å². The van der Waals surface area contributed by atoms with Crippen molar-refractivity contribution >= 4 is 23.3 Å². The Morgan fingerprint density at radius 3 is 2.90 bits per heavy atom. The average molecular weight is 297 g/mol. The molecule has 1 aromatic heterocycles. The Kier molecular flexibility index (Phi) is 4.83. The lowest BCUT2D eigenvalue weighted by Gasteiger charge is -2.38. The normalized spacial score (nSPS) is 20.0. The van der Waals surface area contributed by atoms with Crippen molar-refractivity contribution in [3.8, 4) is 0 Å². The molecule has 2 heterocycles. The molecular formula is C14H21ClN4O. The maximum absolute atomic E-state index is 12.6. The lowest BCUT2D eigenvalue weighted by molar-refractivity contribution is 0.0533. The first-order valence-electron chi connectivity index (χ1n) is 6.92. The predicted octanol–water partition coefficient (Wildman–Crippen LogP) is 1.94. The third kappa shape index (κ3) is 3.41. The van der Waals surface area contributed by atoms with Gasteiger partial charge in [-0.25, -0.2) is 4.98 Å². The molecule has 2 rings (SSSR count). The van der Waals surface area contributed by atoms with Crippen LogP contribution in [0, 0.1) is 0 Å². The van der Waals surface area contributed by atoms with Crippen LogP contribution in [0.15, 0.2) is 12.1 Å². The molecule has 5 nitrogen and oxygen atoms in total. The van der Waals surface area contributed by atoms with Crippen LogP contribution in [0.25, 0.3) is 0 Å². The van der Waals surface area contributed by atoms with E-state index in [-0.39, 0.29) is 11.9 Å². The molecule has 1 fully saturated rings. The Labute approximate surface area is 124 Å². The number of halogens is 1. The number of nitrogens with zero attached hydrogens (tertiary/aromatic N) is 3. The lowest BCUT2D eigenvalue weighted by atomic mass is 10.1. The van der Waals surface area contributed by atoms with Gasteiger partial charge in [-0.2, -0.15) is 0 Å². The summed E-state index contributed by atoms with van der Waals surface area (Å²) in [5, 5.41) is 3.43. The summed E-state index contributed by atoms with van der Waals surface area (Å²) in [5.41, 5.74) is 0.595. The molecule has 0 aromatic carbocycles. The van der Waals surface area contributed by atoms with E-state index in [1.165, 1.54) is 0 Å². The molecule has 1 aliphatic rings. The lowest BCUT2D eigenvalue weighted by Crippen LogP contribution is -2.52. The molecule has 20 heavy (non-hydrogen) atoms. The maximum Gasteiger partial charge on any atom is 0.254 e. The van der Waals surface area contributed by atoms with E-state index in [4.69, 9.17) is 11.6 Å². The number of hydrogen-bond donors (Lipinski definition) is 1. The molecule has 0 bridgehead atoms. The van der Waals surface area contributed by atoms with Gasteiger partial charge in [-0.1, -0.05) is 11.6 Å². The molecule has 1 saturated heterocycles. The Hall–Kier alpha value is -1.33. The number of nitrogens with one attached hydrogen (secondary N) is 1. The van der Waals surface area contributed by atoms with Gasteiger partial charge in [0.25, 0.3) is 5.91 Å². The van der Waals surface area contributed by atoms with Crippen LogP contribution in [0.3, 0.4) is 0 Å². The molecule has 0 spiro atoms. The van der Waals surface area contributed by atoms with E-state index in [0.29, 0.717) is 16.5 Å². The summed E-state index contributed by atoms with van der Waals surface area (Å²) in [7, 11) is 2.07. The quantitative estimate of drug-likeness (QED) is 0.866. The van der Waals surface area contributed by atoms with E-state index in [1.54, 1.807) is 12.1 Å². The summed E-state index contributed by atoms with van der Waals surface area (Å²) in [6, 6.07) is 3.61. The Balaban J connectivity index is 2.20. The molecular weight excluding hydrogens is 276 g/mol. The highest BCUT2D eigenvalue weighted by Gasteiger charge is 2.27. The molecule has 1 unspecified atom stereocenters. The number of pyridine rings is 1. The summed E-state index contributed by atoms with van der Waals surface area (Å²) >= 11 is 6.00. The zero-order chi connectivity index (χ0) is 14.7. The first-order chi connectivity index (χ1) is 9.51. The van der Waals surface area contributed by atoms with Crippen LogP contribution < -0.4 is 5.32 Å². The van der Waals surface area contributed by atoms with Gasteiger partial charge in [-0.15, -0.1) is 0 Å². The van der Waals surface area contributed by atoms with Gasteiger partial charge in [0.2, 0.25) is 0 Å². The van der Waals surface area contributed by atoms with Gasteiger partial charge in [0, 0.05) is 37.8 Å². The second-order valence-electron chi connectivity index (χ2n) is 5.20. The highest BCUT2D eigenvalue weighted by atomic mass is 35.5. The first-order valence-corrected chi connectivity index (χ1v) is 7.30. The highest BCUT2D eigenvalue weighted by Crippen LogP contribution is 2.18. The van der Waals surface area contributed by atoms with Crippen LogP contribution in [-0.2, 0) is 0 Å². The molecule has 1 atom stereocenters. The van der Waals surface area contributed by atoms with E-state index < -0.39 is 0 Å². The van der Waals surface area contributed by atoms with Crippen LogP contribution >= 0.6 is 11.6 Å². The maximum atomic E-state index is 12.6. The number of carbonyl (C=O) groups excluding carboxylic acids is 1. The third-order valence-corrected chi connectivity index (χ3v) is 3.68. The van der Waals surface area contributed by atoms with E-state index in [1.807, 2.05) is 11.8 Å². The van der Waals surface area contributed by atoms with Crippen LogP contribution in [-0.4, -0.2) is 60.0 Å². The van der Waals surface area contributed by atoms with Gasteiger partial charge >= 0.3 is 0 Å². The Bertz CT molecular complexity index is 494. The highest BCUT2D eigenvalue weighted by molar-refractivity contribution is 6.29. The monoisotopic (exact) mass is 296 g/mol. The van der Waals surface area contributed by atoms with Crippen molar-refractivity contribution in [1.82, 2.24) is 14.8 Å². The average Bonchev–Trinajstić information content (AvgIpc) is 2.37. The van der Waals surface area contributed by atoms with Crippen molar-refractivity contribution in [2.45, 2.75) is 19.9 Å². The van der Waals surface area contributed by atoms with Crippen molar-refractivity contribution in [3.05, 3.63) is 22.8 Å². The summed E-state index contributed by atoms with van der Waals surface area (Å²) in [4.78, 5) is 20.9. The SMILES string of the molecule is CCNc1cc(C(=O)N2CCN(C)CC2C)cc(Cl)n1. The van der Waals surface area contributed by atoms with Gasteiger partial charge in [-0.3, -0.25) is 4.79 Å². The molecule has 1 aromatic rings. The summed E-state index contributed by atoms with van der Waals surface area (Å²) in [5.74, 6) is 0.666. The molecule has 0 radical (unpaired) electrons. The fourth-order valence-electron chi connectivity index (χ4n) is 2.50. The largest absolute Gasteiger partial charge is 0.370 e. The molecule has 1 aliphatic heterocycles. The summed E-state index contributed by atoms with van der Waals surface area (Å²) in [6.45, 7) is 7.33. The van der Waals surface area contributed by atoms with Gasteiger partial charge in [0.05, 0.1) is 0 Å². The molecule has 1 N–H and O–H groups in total. The number of amides is 1. The number of hydrogen-bond acceptors (Lipinski definition) is 4. The molecule has 110 valence electrons. The standard InChI is InChI=1S/C14H21ClN4O/c1-4-16-13-8-11(7-12(15)17-13)14(20)19-6-5-18(3)9-10(19)2/h7-8,10H,4-6,9H2,1-3H3,(H,16,17). The minimum absolute atomic E-state index is 0.0223. The zero-order valence-electron chi connectivity index (χ0n) is 12.2. The van der Waals surface area contributed by atoms with Gasteiger partial charge in [0.1, 0.15) is 11.0 Å². The second kappa shape index (κ2) is 6.41. The van der Waals surface area contributed by atoms with Crippen LogP contribution in [0.1, 0.15) is 24.2 Å². The second-order valence-corrected chi connectivity index (χ2v) is 5.59. The van der Waals surface area contributed by atoms with E-state index >= 15 is 0 Å². The minimum atomic E-state index is 0.0223. The fraction of sp³-hybridized carbons (Fsp3) is 0.571. The Morgan fingerprint density at radius 1 is 1.50 bits per heavy atom. The van der Waals surface area contributed by atoms with Gasteiger partial charge < -0.3 is 15.1 Å². The summed E-state index contributed by atoms with van der Waals surface area (Å²) in [6.07, 6.45) is 0. The molecule has 0 aliphatic carbocycles. The van der Waals surface area contributed by atoms with Gasteiger partial charge in [0.15, 0.2) is 0 Å². The Morgan fingerprint density at radius 2 is 2.25 bits per heavy atom. The number of carbonyl (C=O) groups is 1. The molecule has 6 heteroatoms. The van der Waals surface area contributed by atoms with Crippen LogP contribution in [0.2, 0.25) is 5.15 Å².